The van der Waals surface area contributed by atoms with Crippen LogP contribution in [-0.2, 0) is 9.59 Å². The van der Waals surface area contributed by atoms with E-state index in [-0.39, 0.29) is 40.2 Å². The molecule has 0 aliphatic heterocycles. The van der Waals surface area contributed by atoms with Crippen LogP contribution in [0.3, 0.4) is 0 Å². The van der Waals surface area contributed by atoms with Gasteiger partial charge in [0, 0.05) is 17.3 Å². The van der Waals surface area contributed by atoms with Gasteiger partial charge in [0.15, 0.2) is 11.6 Å². The summed E-state index contributed by atoms with van der Waals surface area (Å²) in [4.78, 5) is 24.2. The number of Topliss-reactive ketones (excluding diaryl/α,β-unsaturated/α-hetero) is 1. The second kappa shape index (κ2) is 6.72. The van der Waals surface area contributed by atoms with Crippen LogP contribution < -0.4 is 0 Å². The third-order valence-corrected chi connectivity index (χ3v) is 8.00. The Balaban J connectivity index is 1.98. The highest BCUT2D eigenvalue weighted by Gasteiger charge is 2.58. The number of hydrogen-bond acceptors (Lipinski definition) is 4. The first-order valence-corrected chi connectivity index (χ1v) is 9.95. The SMILES string of the molecule is CCC(C(=O)CO)C1(C)CC(O)C2C(CCC3=CC(=O)C=CC32C)C1C. The standard InChI is InChI=1S/C22H32O4/c1-5-17(19(26)12-23)22(4)11-18(25)20-16(13(22)2)7-6-14-10-15(24)8-9-21(14,20)3/h8-10,13,16-18,20,23,25H,5-7,11-12H2,1-4H3. The Morgan fingerprint density at radius 1 is 1.38 bits per heavy atom. The van der Waals surface area contributed by atoms with Crippen molar-refractivity contribution in [3.63, 3.8) is 0 Å². The fourth-order valence-corrected chi connectivity index (χ4v) is 6.48. The summed E-state index contributed by atoms with van der Waals surface area (Å²) in [5, 5.41) is 20.6. The van der Waals surface area contributed by atoms with E-state index < -0.39 is 12.7 Å². The molecule has 3 aliphatic rings. The van der Waals surface area contributed by atoms with Gasteiger partial charge in [-0.25, -0.2) is 0 Å². The Bertz CT molecular complexity index is 663. The van der Waals surface area contributed by atoms with Gasteiger partial charge in [0.2, 0.25) is 0 Å². The predicted molar refractivity (Wildman–Crippen MR) is 100 cm³/mol. The molecule has 0 bridgehead atoms. The van der Waals surface area contributed by atoms with Crippen molar-refractivity contribution in [3.05, 3.63) is 23.8 Å². The molecule has 0 heterocycles. The average Bonchev–Trinajstić information content (AvgIpc) is 2.59. The molecule has 2 N–H and O–H groups in total. The van der Waals surface area contributed by atoms with E-state index in [2.05, 4.69) is 20.8 Å². The molecule has 26 heavy (non-hydrogen) atoms. The largest absolute Gasteiger partial charge is 0.393 e. The van der Waals surface area contributed by atoms with E-state index >= 15 is 0 Å². The lowest BCUT2D eigenvalue weighted by atomic mass is 9.45. The summed E-state index contributed by atoms with van der Waals surface area (Å²) in [6.07, 6.45) is 7.92. The summed E-state index contributed by atoms with van der Waals surface area (Å²) >= 11 is 0. The Morgan fingerprint density at radius 3 is 2.69 bits per heavy atom. The molecule has 0 aromatic heterocycles. The molecule has 0 spiro atoms. The van der Waals surface area contributed by atoms with Crippen LogP contribution in [0.15, 0.2) is 23.8 Å². The van der Waals surface area contributed by atoms with Gasteiger partial charge in [-0.3, -0.25) is 9.59 Å². The van der Waals surface area contributed by atoms with Crippen LogP contribution in [0.25, 0.3) is 0 Å². The lowest BCUT2D eigenvalue weighted by Crippen LogP contribution is -2.58. The quantitative estimate of drug-likeness (QED) is 0.808. The summed E-state index contributed by atoms with van der Waals surface area (Å²) in [6, 6.07) is 0. The van der Waals surface area contributed by atoms with Crippen molar-refractivity contribution in [1.82, 2.24) is 0 Å². The summed E-state index contributed by atoms with van der Waals surface area (Å²) in [7, 11) is 0. The maximum Gasteiger partial charge on any atom is 0.178 e. The zero-order chi connectivity index (χ0) is 19.3. The molecule has 0 amide bonds. The second-order valence-corrected chi connectivity index (χ2v) is 9.07. The summed E-state index contributed by atoms with van der Waals surface area (Å²) in [5.74, 6) is 0.324. The molecular weight excluding hydrogens is 328 g/mol. The number of hydrogen-bond donors (Lipinski definition) is 2. The molecule has 0 radical (unpaired) electrons. The fourth-order valence-electron chi connectivity index (χ4n) is 6.48. The molecule has 7 atom stereocenters. The van der Waals surface area contributed by atoms with Gasteiger partial charge in [0.25, 0.3) is 0 Å². The van der Waals surface area contributed by atoms with Crippen LogP contribution in [0.4, 0.5) is 0 Å². The van der Waals surface area contributed by atoms with Gasteiger partial charge in [-0.2, -0.15) is 0 Å². The summed E-state index contributed by atoms with van der Waals surface area (Å²) in [5.41, 5.74) is 0.537. The first-order valence-electron chi connectivity index (χ1n) is 9.95. The predicted octanol–water partition coefficient (Wildman–Crippen LogP) is 3.08. The smallest absolute Gasteiger partial charge is 0.178 e. The minimum Gasteiger partial charge on any atom is -0.393 e. The van der Waals surface area contributed by atoms with E-state index in [1.54, 1.807) is 12.2 Å². The molecule has 2 saturated carbocycles. The van der Waals surface area contributed by atoms with E-state index in [1.165, 1.54) is 0 Å². The number of aliphatic hydroxyl groups is 2. The number of fused-ring (bicyclic) bond motifs is 3. The Kier molecular flexibility index (Phi) is 5.04. The maximum atomic E-state index is 12.4. The average molecular weight is 360 g/mol. The normalized spacial score (nSPS) is 43.3. The van der Waals surface area contributed by atoms with Crippen LogP contribution in [0.1, 0.15) is 53.4 Å². The number of allylic oxidation sites excluding steroid dienone is 4. The molecule has 2 fully saturated rings. The summed E-state index contributed by atoms with van der Waals surface area (Å²) in [6.45, 7) is 8.04. The monoisotopic (exact) mass is 360 g/mol. The van der Waals surface area contributed by atoms with Gasteiger partial charge in [-0.1, -0.05) is 39.3 Å². The van der Waals surface area contributed by atoms with Gasteiger partial charge in [0.05, 0.1) is 6.10 Å². The van der Waals surface area contributed by atoms with Crippen molar-refractivity contribution in [2.24, 2.45) is 34.5 Å². The van der Waals surface area contributed by atoms with Crippen molar-refractivity contribution in [1.29, 1.82) is 0 Å². The van der Waals surface area contributed by atoms with Gasteiger partial charge >= 0.3 is 0 Å². The minimum atomic E-state index is -0.520. The highest BCUT2D eigenvalue weighted by Crippen LogP contribution is 2.62. The minimum absolute atomic E-state index is 0.0405. The van der Waals surface area contributed by atoms with E-state index in [4.69, 9.17) is 0 Å². The Labute approximate surface area is 156 Å². The molecule has 3 rings (SSSR count). The zero-order valence-electron chi connectivity index (χ0n) is 16.4. The number of rotatable bonds is 4. The molecular formula is C22H32O4. The lowest BCUT2D eigenvalue weighted by molar-refractivity contribution is -0.150. The molecule has 3 aliphatic carbocycles. The van der Waals surface area contributed by atoms with Crippen LogP contribution >= 0.6 is 0 Å². The first-order chi connectivity index (χ1) is 12.2. The number of carbonyl (C=O) groups excluding carboxylic acids is 2. The van der Waals surface area contributed by atoms with Crippen LogP contribution in [-0.4, -0.2) is 34.5 Å². The van der Waals surface area contributed by atoms with Gasteiger partial charge < -0.3 is 10.2 Å². The van der Waals surface area contributed by atoms with Crippen LogP contribution in [0.5, 0.6) is 0 Å². The second-order valence-electron chi connectivity index (χ2n) is 9.07. The van der Waals surface area contributed by atoms with Crippen molar-refractivity contribution < 1.29 is 19.8 Å². The maximum absolute atomic E-state index is 12.4. The Hall–Kier alpha value is -1.26. The molecule has 7 unspecified atom stereocenters. The lowest BCUT2D eigenvalue weighted by Gasteiger charge is -2.60. The molecule has 0 aromatic carbocycles. The number of ketones is 2. The van der Waals surface area contributed by atoms with Crippen molar-refractivity contribution >= 4 is 11.6 Å². The molecule has 144 valence electrons. The third-order valence-electron chi connectivity index (χ3n) is 8.00. The first kappa shape index (κ1) is 19.5. The van der Waals surface area contributed by atoms with Crippen molar-refractivity contribution in [2.45, 2.75) is 59.5 Å². The highest BCUT2D eigenvalue weighted by atomic mass is 16.3. The molecule has 4 nitrogen and oxygen atoms in total. The van der Waals surface area contributed by atoms with Crippen LogP contribution in [0.2, 0.25) is 0 Å². The zero-order valence-corrected chi connectivity index (χ0v) is 16.4. The fraction of sp³-hybridized carbons (Fsp3) is 0.727. The summed E-state index contributed by atoms with van der Waals surface area (Å²) < 4.78 is 0. The highest BCUT2D eigenvalue weighted by molar-refractivity contribution is 6.01. The van der Waals surface area contributed by atoms with E-state index in [0.29, 0.717) is 18.8 Å². The van der Waals surface area contributed by atoms with Crippen molar-refractivity contribution in [3.8, 4) is 0 Å². The molecule has 0 aromatic rings. The van der Waals surface area contributed by atoms with E-state index in [1.807, 2.05) is 13.0 Å². The topological polar surface area (TPSA) is 74.6 Å². The van der Waals surface area contributed by atoms with Gasteiger partial charge in [-0.05, 0) is 55.1 Å². The van der Waals surface area contributed by atoms with Crippen LogP contribution in [0, 0.1) is 34.5 Å². The van der Waals surface area contributed by atoms with Gasteiger partial charge in [0.1, 0.15) is 6.61 Å². The number of aliphatic hydroxyl groups excluding tert-OH is 2. The number of carbonyl (C=O) groups is 2. The van der Waals surface area contributed by atoms with Crippen molar-refractivity contribution in [2.75, 3.05) is 6.61 Å². The van der Waals surface area contributed by atoms with E-state index in [9.17, 15) is 19.8 Å². The van der Waals surface area contributed by atoms with Gasteiger partial charge in [-0.15, -0.1) is 0 Å². The third kappa shape index (κ3) is 2.73. The molecule has 0 saturated heterocycles. The molecule has 4 heteroatoms. The Morgan fingerprint density at radius 2 is 2.08 bits per heavy atom. The van der Waals surface area contributed by atoms with E-state index in [0.717, 1.165) is 18.4 Å².